The molecule has 0 aliphatic heterocycles. The fourth-order valence-corrected chi connectivity index (χ4v) is 4.52. The van der Waals surface area contributed by atoms with Crippen LogP contribution in [0.25, 0.3) is 21.9 Å². The third-order valence-electron chi connectivity index (χ3n) is 4.99. The lowest BCUT2D eigenvalue weighted by molar-refractivity contribution is 0.0529. The first-order valence-corrected chi connectivity index (χ1v) is 11.8. The van der Waals surface area contributed by atoms with Gasteiger partial charge in [-0.1, -0.05) is 60.7 Å². The minimum absolute atomic E-state index is 0.284. The van der Waals surface area contributed by atoms with Crippen molar-refractivity contribution in [2.75, 3.05) is 26.1 Å². The van der Waals surface area contributed by atoms with E-state index >= 15 is 0 Å². The van der Waals surface area contributed by atoms with Crippen molar-refractivity contribution in [1.82, 2.24) is 4.90 Å². The molecule has 1 N–H and O–H groups in total. The second-order valence-electron chi connectivity index (χ2n) is 7.75. The highest BCUT2D eigenvalue weighted by atomic mass is 32.1. The van der Waals surface area contributed by atoms with Gasteiger partial charge in [-0.05, 0) is 35.4 Å². The van der Waals surface area contributed by atoms with Crippen molar-refractivity contribution in [2.24, 2.45) is 10.1 Å². The zero-order valence-electron chi connectivity index (χ0n) is 19.4. The second-order valence-corrected chi connectivity index (χ2v) is 8.78. The molecule has 34 heavy (non-hydrogen) atoms. The number of rotatable bonds is 8. The maximum atomic E-state index is 13.0. The van der Waals surface area contributed by atoms with Crippen molar-refractivity contribution in [3.63, 3.8) is 0 Å². The van der Waals surface area contributed by atoms with Crippen LogP contribution in [-0.4, -0.2) is 44.1 Å². The molecule has 6 nitrogen and oxygen atoms in total. The highest BCUT2D eigenvalue weighted by Crippen LogP contribution is 2.41. The first-order valence-electron chi connectivity index (χ1n) is 10.9. The van der Waals surface area contributed by atoms with Crippen LogP contribution in [0.5, 0.6) is 0 Å². The van der Waals surface area contributed by atoms with Crippen LogP contribution in [-0.2, 0) is 4.74 Å². The Morgan fingerprint density at radius 2 is 1.76 bits per heavy atom. The normalized spacial score (nSPS) is 11.4. The number of anilines is 1. The number of carbonyl (C=O) groups is 1. The van der Waals surface area contributed by atoms with Crippen molar-refractivity contribution in [3.05, 3.63) is 83.2 Å². The third kappa shape index (κ3) is 5.32. The molecule has 0 bridgehead atoms. The summed E-state index contributed by atoms with van der Waals surface area (Å²) in [5.41, 5.74) is 6.10. The number of esters is 1. The molecule has 172 valence electrons. The standard InChI is InChI=1S/C27H26N4O2S/c1-4-33-27(32)25-24(20-11-6-5-7-12-20)23(34-26(25)28-18-31(2)3)17-29-30-22-15-14-19-10-8-9-13-21(19)16-22/h5-18,30H,4H2,1-3H3. The number of fused-ring (bicyclic) bond motifs is 1. The number of nitrogens with one attached hydrogen (secondary N) is 1. The van der Waals surface area contributed by atoms with Crippen molar-refractivity contribution in [3.8, 4) is 11.1 Å². The lowest BCUT2D eigenvalue weighted by Crippen LogP contribution is -2.08. The number of hydrogen-bond donors (Lipinski definition) is 1. The van der Waals surface area contributed by atoms with Crippen LogP contribution < -0.4 is 5.43 Å². The van der Waals surface area contributed by atoms with E-state index in [0.29, 0.717) is 10.6 Å². The summed E-state index contributed by atoms with van der Waals surface area (Å²) < 4.78 is 5.39. The van der Waals surface area contributed by atoms with Crippen molar-refractivity contribution in [1.29, 1.82) is 0 Å². The lowest BCUT2D eigenvalue weighted by Gasteiger charge is -2.07. The Kier molecular flexibility index (Phi) is 7.34. The van der Waals surface area contributed by atoms with E-state index in [2.05, 4.69) is 39.8 Å². The molecule has 0 saturated heterocycles. The van der Waals surface area contributed by atoms with Gasteiger partial charge in [-0.2, -0.15) is 5.10 Å². The van der Waals surface area contributed by atoms with Crippen molar-refractivity contribution < 1.29 is 9.53 Å². The van der Waals surface area contributed by atoms with Gasteiger partial charge in [0.15, 0.2) is 0 Å². The highest BCUT2D eigenvalue weighted by Gasteiger charge is 2.25. The van der Waals surface area contributed by atoms with Gasteiger partial charge >= 0.3 is 5.97 Å². The second kappa shape index (κ2) is 10.8. The Labute approximate surface area is 203 Å². The minimum atomic E-state index is -0.398. The zero-order valence-corrected chi connectivity index (χ0v) is 20.2. The average molecular weight is 471 g/mol. The largest absolute Gasteiger partial charge is 0.462 e. The summed E-state index contributed by atoms with van der Waals surface area (Å²) in [5, 5.41) is 7.37. The summed E-state index contributed by atoms with van der Waals surface area (Å²) in [5.74, 6) is -0.398. The SMILES string of the molecule is CCOC(=O)c1c(N=CN(C)C)sc(C=NNc2ccc3ccccc3c2)c1-c1ccccc1. The molecule has 0 spiro atoms. The summed E-state index contributed by atoms with van der Waals surface area (Å²) in [6, 6.07) is 24.0. The molecule has 4 rings (SSSR count). The van der Waals surface area contributed by atoms with Gasteiger partial charge in [0, 0.05) is 19.7 Å². The smallest absolute Gasteiger partial charge is 0.341 e. The Balaban J connectivity index is 1.75. The van der Waals surface area contributed by atoms with Crippen LogP contribution in [0.2, 0.25) is 0 Å². The summed E-state index contributed by atoms with van der Waals surface area (Å²) in [7, 11) is 3.77. The molecule has 1 heterocycles. The summed E-state index contributed by atoms with van der Waals surface area (Å²) >= 11 is 1.40. The monoisotopic (exact) mass is 470 g/mol. The predicted octanol–water partition coefficient (Wildman–Crippen LogP) is 6.41. The number of carbonyl (C=O) groups excluding carboxylic acids is 1. The van der Waals surface area contributed by atoms with Gasteiger partial charge in [0.2, 0.25) is 0 Å². The molecule has 0 radical (unpaired) electrons. The van der Waals surface area contributed by atoms with Crippen molar-refractivity contribution in [2.45, 2.75) is 6.92 Å². The van der Waals surface area contributed by atoms with Crippen LogP contribution in [0.1, 0.15) is 22.2 Å². The minimum Gasteiger partial charge on any atom is -0.462 e. The van der Waals surface area contributed by atoms with Crippen LogP contribution in [0.4, 0.5) is 10.7 Å². The first-order chi connectivity index (χ1) is 16.6. The molecular formula is C27H26N4O2S. The Bertz CT molecular complexity index is 1340. The molecule has 0 amide bonds. The molecule has 7 heteroatoms. The van der Waals surface area contributed by atoms with E-state index in [1.54, 1.807) is 19.5 Å². The molecule has 0 unspecified atom stereocenters. The quantitative estimate of drug-likeness (QED) is 0.140. The number of thiophene rings is 1. The van der Waals surface area contributed by atoms with E-state index in [-0.39, 0.29) is 6.61 Å². The fourth-order valence-electron chi connectivity index (χ4n) is 3.49. The molecule has 0 atom stereocenters. The number of hydrazone groups is 1. The molecule has 0 fully saturated rings. The number of benzene rings is 3. The van der Waals surface area contributed by atoms with Crippen LogP contribution in [0.15, 0.2) is 82.9 Å². The summed E-state index contributed by atoms with van der Waals surface area (Å²) in [6.45, 7) is 2.08. The number of nitrogens with zero attached hydrogens (tertiary/aromatic N) is 3. The zero-order chi connectivity index (χ0) is 23.9. The molecule has 4 aromatic rings. The lowest BCUT2D eigenvalue weighted by atomic mass is 10.0. The van der Waals surface area contributed by atoms with Crippen LogP contribution in [0.3, 0.4) is 0 Å². The van der Waals surface area contributed by atoms with E-state index in [9.17, 15) is 4.79 Å². The number of ether oxygens (including phenoxy) is 1. The summed E-state index contributed by atoms with van der Waals surface area (Å²) in [4.78, 5) is 20.2. The number of hydrogen-bond acceptors (Lipinski definition) is 6. The topological polar surface area (TPSA) is 66.3 Å². The van der Waals surface area contributed by atoms with Crippen LogP contribution >= 0.6 is 11.3 Å². The third-order valence-corrected chi connectivity index (χ3v) is 6.02. The van der Waals surface area contributed by atoms with E-state index < -0.39 is 5.97 Å². The fraction of sp³-hybridized carbons (Fsp3) is 0.148. The Hall–Kier alpha value is -3.97. The van der Waals surface area contributed by atoms with Gasteiger partial charge in [-0.3, -0.25) is 5.43 Å². The van der Waals surface area contributed by atoms with Gasteiger partial charge in [0.25, 0.3) is 0 Å². The van der Waals surface area contributed by atoms with Gasteiger partial charge in [0.05, 0.1) is 29.7 Å². The Morgan fingerprint density at radius 1 is 1.03 bits per heavy atom. The maximum Gasteiger partial charge on any atom is 0.341 e. The maximum absolute atomic E-state index is 13.0. The van der Waals surface area contributed by atoms with E-state index in [0.717, 1.165) is 27.1 Å². The Morgan fingerprint density at radius 3 is 2.50 bits per heavy atom. The molecule has 3 aromatic carbocycles. The molecule has 0 aliphatic rings. The van der Waals surface area contributed by atoms with Gasteiger partial charge in [-0.15, -0.1) is 11.3 Å². The predicted molar refractivity (Wildman–Crippen MR) is 143 cm³/mol. The van der Waals surface area contributed by atoms with Crippen molar-refractivity contribution >= 4 is 51.3 Å². The first kappa shape index (κ1) is 23.2. The van der Waals surface area contributed by atoms with Gasteiger partial charge < -0.3 is 9.64 Å². The molecule has 0 aliphatic carbocycles. The summed E-state index contributed by atoms with van der Waals surface area (Å²) in [6.07, 6.45) is 3.41. The van der Waals surface area contributed by atoms with E-state index in [4.69, 9.17) is 4.74 Å². The van der Waals surface area contributed by atoms with Gasteiger partial charge in [0.1, 0.15) is 10.6 Å². The molecule has 0 saturated carbocycles. The number of aliphatic imine (C=N–C) groups is 1. The highest BCUT2D eigenvalue weighted by molar-refractivity contribution is 7.18. The molecular weight excluding hydrogens is 444 g/mol. The van der Waals surface area contributed by atoms with E-state index in [1.807, 2.05) is 67.5 Å². The van der Waals surface area contributed by atoms with E-state index in [1.165, 1.54) is 16.7 Å². The average Bonchev–Trinajstić information content (AvgIpc) is 3.22. The molecule has 1 aromatic heterocycles. The van der Waals surface area contributed by atoms with Crippen LogP contribution in [0, 0.1) is 0 Å². The van der Waals surface area contributed by atoms with Gasteiger partial charge in [-0.25, -0.2) is 9.79 Å².